The van der Waals surface area contributed by atoms with Crippen LogP contribution in [0.3, 0.4) is 0 Å². The first-order chi connectivity index (χ1) is 7.69. The normalized spacial score (nSPS) is 15.0. The Morgan fingerprint density at radius 1 is 1.44 bits per heavy atom. The molecule has 1 aromatic heterocycles. The highest BCUT2D eigenvalue weighted by Crippen LogP contribution is 2.12. The lowest BCUT2D eigenvalue weighted by molar-refractivity contribution is 0.486. The summed E-state index contributed by atoms with van der Waals surface area (Å²) in [6, 6.07) is 0.212. The first-order valence-corrected chi connectivity index (χ1v) is 7.00. The quantitative estimate of drug-likeness (QED) is 0.786. The van der Waals surface area contributed by atoms with Crippen LogP contribution in [0.5, 0.6) is 0 Å². The summed E-state index contributed by atoms with van der Waals surface area (Å²) in [6.45, 7) is 8.29. The molecule has 6 heteroatoms. The van der Waals surface area contributed by atoms with Crippen LogP contribution in [0.2, 0.25) is 0 Å². The van der Waals surface area contributed by atoms with Crippen molar-refractivity contribution in [2.24, 2.45) is 0 Å². The fourth-order valence-electron chi connectivity index (χ4n) is 1.42. The van der Waals surface area contributed by atoms with Gasteiger partial charge in [0.1, 0.15) is 0 Å². The van der Waals surface area contributed by atoms with Crippen molar-refractivity contribution in [3.05, 3.63) is 5.82 Å². The first-order valence-electron chi connectivity index (χ1n) is 5.71. The van der Waals surface area contributed by atoms with Gasteiger partial charge < -0.3 is 5.32 Å². The van der Waals surface area contributed by atoms with E-state index in [1.807, 2.05) is 16.4 Å². The molecule has 0 radical (unpaired) electrons. The number of nitrogens with one attached hydrogen (secondary N) is 1. The van der Waals surface area contributed by atoms with E-state index in [1.54, 1.807) is 0 Å². The van der Waals surface area contributed by atoms with Crippen molar-refractivity contribution >= 4 is 11.8 Å². The molecule has 0 aromatic carbocycles. The molecule has 2 unspecified atom stereocenters. The minimum Gasteiger partial charge on any atom is -0.307 e. The highest BCUT2D eigenvalue weighted by Gasteiger charge is 2.14. The lowest BCUT2D eigenvalue weighted by atomic mass is 10.3. The third kappa shape index (κ3) is 3.75. The molecule has 1 rings (SSSR count). The Hall–Kier alpha value is -0.620. The van der Waals surface area contributed by atoms with Gasteiger partial charge in [-0.25, -0.2) is 4.68 Å². The van der Waals surface area contributed by atoms with Crippen LogP contribution in [0.4, 0.5) is 0 Å². The molecule has 5 nitrogen and oxygen atoms in total. The highest BCUT2D eigenvalue weighted by molar-refractivity contribution is 7.99. The van der Waals surface area contributed by atoms with E-state index in [1.165, 1.54) is 0 Å². The van der Waals surface area contributed by atoms with Crippen LogP contribution in [0.15, 0.2) is 0 Å². The summed E-state index contributed by atoms with van der Waals surface area (Å²) < 4.78 is 1.90. The number of hydrogen-bond donors (Lipinski definition) is 1. The van der Waals surface area contributed by atoms with Gasteiger partial charge in [-0.3, -0.25) is 0 Å². The zero-order chi connectivity index (χ0) is 12.0. The molecule has 16 heavy (non-hydrogen) atoms. The fourth-order valence-corrected chi connectivity index (χ4v) is 1.71. The largest absolute Gasteiger partial charge is 0.307 e. The molecule has 0 saturated carbocycles. The second-order valence-corrected chi connectivity index (χ2v) is 5.22. The topological polar surface area (TPSA) is 55.6 Å². The molecule has 0 spiro atoms. The predicted octanol–water partition coefficient (Wildman–Crippen LogP) is 1.49. The molecule has 0 aliphatic rings. The Morgan fingerprint density at radius 3 is 2.81 bits per heavy atom. The maximum Gasteiger partial charge on any atom is 0.167 e. The van der Waals surface area contributed by atoms with Crippen LogP contribution in [0.25, 0.3) is 0 Å². The lowest BCUT2D eigenvalue weighted by Crippen LogP contribution is -2.24. The Kier molecular flexibility index (Phi) is 5.76. The molecule has 0 fully saturated rings. The van der Waals surface area contributed by atoms with Gasteiger partial charge in [-0.05, 0) is 36.6 Å². The van der Waals surface area contributed by atoms with Gasteiger partial charge in [0.05, 0.1) is 12.6 Å². The number of thioether (sulfide) groups is 1. The highest BCUT2D eigenvalue weighted by atomic mass is 32.2. The van der Waals surface area contributed by atoms with E-state index in [0.29, 0.717) is 5.25 Å². The van der Waals surface area contributed by atoms with Gasteiger partial charge in [0.25, 0.3) is 0 Å². The van der Waals surface area contributed by atoms with Crippen LogP contribution in [-0.2, 0) is 6.54 Å². The van der Waals surface area contributed by atoms with E-state index in [2.05, 4.69) is 47.9 Å². The average molecular weight is 243 g/mol. The molecule has 0 aliphatic heterocycles. The second kappa shape index (κ2) is 6.85. The summed E-state index contributed by atoms with van der Waals surface area (Å²) in [5, 5.41) is 15.8. The molecule has 0 bridgehead atoms. The van der Waals surface area contributed by atoms with Crippen molar-refractivity contribution in [3.63, 3.8) is 0 Å². The standard InChI is InChI=1S/C10H21N5S/c1-5-6-11-9(3)10-12-13-14-15(10)7-8(2)16-4/h8-9,11H,5-7H2,1-4H3. The van der Waals surface area contributed by atoms with Crippen LogP contribution < -0.4 is 5.32 Å². The first kappa shape index (κ1) is 13.4. The molecule has 92 valence electrons. The van der Waals surface area contributed by atoms with E-state index in [4.69, 9.17) is 0 Å². The Bertz CT molecular complexity index is 301. The van der Waals surface area contributed by atoms with E-state index in [-0.39, 0.29) is 6.04 Å². The van der Waals surface area contributed by atoms with Crippen LogP contribution >= 0.6 is 11.8 Å². The monoisotopic (exact) mass is 243 g/mol. The SMILES string of the molecule is CCCNC(C)c1nnnn1CC(C)SC. The average Bonchev–Trinajstić information content (AvgIpc) is 2.73. The van der Waals surface area contributed by atoms with Gasteiger partial charge >= 0.3 is 0 Å². The van der Waals surface area contributed by atoms with Gasteiger partial charge in [-0.15, -0.1) is 5.10 Å². The maximum atomic E-state index is 4.09. The Morgan fingerprint density at radius 2 is 2.19 bits per heavy atom. The molecule has 0 saturated heterocycles. The molecular weight excluding hydrogens is 222 g/mol. The summed E-state index contributed by atoms with van der Waals surface area (Å²) >= 11 is 1.82. The van der Waals surface area contributed by atoms with Gasteiger partial charge in [0, 0.05) is 5.25 Å². The zero-order valence-corrected chi connectivity index (χ0v) is 11.3. The van der Waals surface area contributed by atoms with Gasteiger partial charge in [0.15, 0.2) is 5.82 Å². The van der Waals surface area contributed by atoms with E-state index in [9.17, 15) is 0 Å². The molecule has 2 atom stereocenters. The van der Waals surface area contributed by atoms with E-state index in [0.717, 1.165) is 25.3 Å². The zero-order valence-electron chi connectivity index (χ0n) is 10.5. The maximum absolute atomic E-state index is 4.09. The summed E-state index contributed by atoms with van der Waals surface area (Å²) in [5.74, 6) is 0.925. The van der Waals surface area contributed by atoms with Crippen molar-refractivity contribution in [2.45, 2.75) is 45.0 Å². The molecule has 1 aromatic rings. The number of hydrogen-bond acceptors (Lipinski definition) is 5. The van der Waals surface area contributed by atoms with Gasteiger partial charge in [0.2, 0.25) is 0 Å². The summed E-state index contributed by atoms with van der Waals surface area (Å²) in [4.78, 5) is 0. The lowest BCUT2D eigenvalue weighted by Gasteiger charge is -2.14. The molecular formula is C10H21N5S. The fraction of sp³-hybridized carbons (Fsp3) is 0.900. The van der Waals surface area contributed by atoms with Crippen molar-refractivity contribution in [3.8, 4) is 0 Å². The predicted molar refractivity (Wildman–Crippen MR) is 67.5 cm³/mol. The minimum absolute atomic E-state index is 0.212. The third-order valence-electron chi connectivity index (χ3n) is 2.48. The Balaban J connectivity index is 2.62. The molecule has 1 heterocycles. The molecule has 0 amide bonds. The van der Waals surface area contributed by atoms with Crippen molar-refractivity contribution < 1.29 is 0 Å². The smallest absolute Gasteiger partial charge is 0.167 e. The summed E-state index contributed by atoms with van der Waals surface area (Å²) in [7, 11) is 0. The number of tetrazole rings is 1. The summed E-state index contributed by atoms with van der Waals surface area (Å²) in [6.07, 6.45) is 3.22. The number of nitrogens with zero attached hydrogens (tertiary/aromatic N) is 4. The number of rotatable bonds is 7. The minimum atomic E-state index is 0.212. The number of aromatic nitrogens is 4. The van der Waals surface area contributed by atoms with Crippen molar-refractivity contribution in [2.75, 3.05) is 12.8 Å². The molecule has 1 N–H and O–H groups in total. The summed E-state index contributed by atoms with van der Waals surface area (Å²) in [5.41, 5.74) is 0. The van der Waals surface area contributed by atoms with Crippen molar-refractivity contribution in [1.82, 2.24) is 25.5 Å². The Labute approximate surface area is 101 Å². The van der Waals surface area contributed by atoms with E-state index >= 15 is 0 Å². The van der Waals surface area contributed by atoms with Gasteiger partial charge in [-0.2, -0.15) is 11.8 Å². The van der Waals surface area contributed by atoms with Crippen LogP contribution in [0.1, 0.15) is 39.1 Å². The van der Waals surface area contributed by atoms with Crippen LogP contribution in [0, 0.1) is 0 Å². The van der Waals surface area contributed by atoms with Crippen molar-refractivity contribution in [1.29, 1.82) is 0 Å². The molecule has 0 aliphatic carbocycles. The van der Waals surface area contributed by atoms with E-state index < -0.39 is 0 Å². The van der Waals surface area contributed by atoms with Crippen LogP contribution in [-0.4, -0.2) is 38.3 Å². The van der Waals surface area contributed by atoms with Gasteiger partial charge in [-0.1, -0.05) is 13.8 Å². The third-order valence-corrected chi connectivity index (χ3v) is 3.43. The second-order valence-electron chi connectivity index (χ2n) is 3.94.